The van der Waals surface area contributed by atoms with Gasteiger partial charge in [0.2, 0.25) is 0 Å². The quantitative estimate of drug-likeness (QED) is 0.792. The van der Waals surface area contributed by atoms with Crippen molar-refractivity contribution in [2.75, 3.05) is 20.3 Å². The summed E-state index contributed by atoms with van der Waals surface area (Å²) in [4.78, 5) is 0. The molecule has 1 N–H and O–H groups in total. The first-order valence-electron chi connectivity index (χ1n) is 8.93. The number of methoxy groups -OCH3 is 1. The maximum Gasteiger partial charge on any atom is 0.166 e. The SMILES string of the molecule is COc1cccc(CNCC2CCCO2)c1OCc1ccccc1C. The molecule has 0 radical (unpaired) electrons. The van der Waals surface area contributed by atoms with Gasteiger partial charge in [0, 0.05) is 25.3 Å². The standard InChI is InChI=1S/C21H27NO3/c1-16-7-3-4-8-18(16)15-25-21-17(9-5-11-20(21)23-2)13-22-14-19-10-6-12-24-19/h3-5,7-9,11,19,22H,6,10,12-15H2,1-2H3. The van der Waals surface area contributed by atoms with Crippen LogP contribution in [0.15, 0.2) is 42.5 Å². The van der Waals surface area contributed by atoms with E-state index in [0.717, 1.165) is 49.6 Å². The van der Waals surface area contributed by atoms with Crippen molar-refractivity contribution >= 4 is 0 Å². The Bertz CT molecular complexity index is 681. The molecule has 0 bridgehead atoms. The molecule has 1 atom stereocenters. The summed E-state index contributed by atoms with van der Waals surface area (Å²) < 4.78 is 17.3. The largest absolute Gasteiger partial charge is 0.493 e. The molecule has 0 amide bonds. The lowest BCUT2D eigenvalue weighted by atomic mass is 10.1. The van der Waals surface area contributed by atoms with Crippen molar-refractivity contribution in [2.45, 2.75) is 39.0 Å². The van der Waals surface area contributed by atoms with Gasteiger partial charge in [-0.05, 0) is 37.0 Å². The van der Waals surface area contributed by atoms with E-state index < -0.39 is 0 Å². The minimum absolute atomic E-state index is 0.335. The van der Waals surface area contributed by atoms with Gasteiger partial charge in [0.25, 0.3) is 0 Å². The fraction of sp³-hybridized carbons (Fsp3) is 0.429. The smallest absolute Gasteiger partial charge is 0.166 e. The highest BCUT2D eigenvalue weighted by molar-refractivity contribution is 5.46. The highest BCUT2D eigenvalue weighted by atomic mass is 16.5. The van der Waals surface area contributed by atoms with Crippen LogP contribution in [-0.2, 0) is 17.9 Å². The topological polar surface area (TPSA) is 39.7 Å². The Hall–Kier alpha value is -2.04. The van der Waals surface area contributed by atoms with Crippen molar-refractivity contribution < 1.29 is 14.2 Å². The van der Waals surface area contributed by atoms with Crippen LogP contribution in [0.25, 0.3) is 0 Å². The molecule has 1 aliphatic heterocycles. The van der Waals surface area contributed by atoms with E-state index in [1.54, 1.807) is 7.11 Å². The molecule has 0 spiro atoms. The summed E-state index contributed by atoms with van der Waals surface area (Å²) in [7, 11) is 1.68. The van der Waals surface area contributed by atoms with E-state index in [1.807, 2.05) is 24.3 Å². The molecule has 1 saturated heterocycles. The first kappa shape index (κ1) is 17.8. The summed E-state index contributed by atoms with van der Waals surface area (Å²) in [6.07, 6.45) is 2.64. The van der Waals surface area contributed by atoms with Crippen molar-refractivity contribution in [1.29, 1.82) is 0 Å². The Morgan fingerprint density at radius 2 is 1.96 bits per heavy atom. The molecular formula is C21H27NO3. The van der Waals surface area contributed by atoms with Crippen LogP contribution >= 0.6 is 0 Å². The fourth-order valence-corrected chi connectivity index (χ4v) is 3.12. The van der Waals surface area contributed by atoms with Crippen molar-refractivity contribution in [1.82, 2.24) is 5.32 Å². The molecule has 0 aromatic heterocycles. The molecule has 0 saturated carbocycles. The van der Waals surface area contributed by atoms with E-state index in [1.165, 1.54) is 11.1 Å². The number of aryl methyl sites for hydroxylation is 1. The van der Waals surface area contributed by atoms with Crippen molar-refractivity contribution in [3.63, 3.8) is 0 Å². The summed E-state index contributed by atoms with van der Waals surface area (Å²) >= 11 is 0. The van der Waals surface area contributed by atoms with Crippen LogP contribution in [0.1, 0.15) is 29.5 Å². The Balaban J connectivity index is 1.66. The number of hydrogen-bond donors (Lipinski definition) is 1. The predicted octanol–water partition coefficient (Wildman–Crippen LogP) is 3.85. The second-order valence-electron chi connectivity index (χ2n) is 6.43. The van der Waals surface area contributed by atoms with Gasteiger partial charge in [-0.2, -0.15) is 0 Å². The molecule has 1 heterocycles. The maximum absolute atomic E-state index is 6.15. The minimum atomic E-state index is 0.335. The summed E-state index contributed by atoms with van der Waals surface area (Å²) in [5, 5.41) is 3.48. The van der Waals surface area contributed by atoms with Crippen molar-refractivity contribution in [3.8, 4) is 11.5 Å². The van der Waals surface area contributed by atoms with Crippen LogP contribution in [0.3, 0.4) is 0 Å². The predicted molar refractivity (Wildman–Crippen MR) is 99.2 cm³/mol. The normalized spacial score (nSPS) is 16.8. The van der Waals surface area contributed by atoms with E-state index in [4.69, 9.17) is 14.2 Å². The Labute approximate surface area is 150 Å². The molecule has 3 rings (SSSR count). The van der Waals surface area contributed by atoms with Crippen LogP contribution in [-0.4, -0.2) is 26.4 Å². The average Bonchev–Trinajstić information content (AvgIpc) is 3.15. The Morgan fingerprint density at radius 3 is 2.72 bits per heavy atom. The van der Waals surface area contributed by atoms with Gasteiger partial charge in [0.1, 0.15) is 6.61 Å². The first-order valence-corrected chi connectivity index (χ1v) is 8.93. The summed E-state index contributed by atoms with van der Waals surface area (Å²) in [6.45, 7) is 5.13. The lowest BCUT2D eigenvalue weighted by Gasteiger charge is -2.17. The lowest BCUT2D eigenvalue weighted by molar-refractivity contribution is 0.110. The number of ether oxygens (including phenoxy) is 3. The molecule has 2 aromatic rings. The van der Waals surface area contributed by atoms with Gasteiger partial charge >= 0.3 is 0 Å². The minimum Gasteiger partial charge on any atom is -0.493 e. The average molecular weight is 341 g/mol. The fourth-order valence-electron chi connectivity index (χ4n) is 3.12. The molecule has 0 aliphatic carbocycles. The lowest BCUT2D eigenvalue weighted by Crippen LogP contribution is -2.26. The second kappa shape index (κ2) is 8.88. The number of hydrogen-bond acceptors (Lipinski definition) is 4. The molecule has 134 valence electrons. The summed E-state index contributed by atoms with van der Waals surface area (Å²) in [5.74, 6) is 1.58. The van der Waals surface area contributed by atoms with E-state index in [0.29, 0.717) is 12.7 Å². The number of nitrogens with one attached hydrogen (secondary N) is 1. The third kappa shape index (κ3) is 4.74. The Morgan fingerprint density at radius 1 is 1.12 bits per heavy atom. The van der Waals surface area contributed by atoms with E-state index in [2.05, 4.69) is 30.4 Å². The monoisotopic (exact) mass is 341 g/mol. The van der Waals surface area contributed by atoms with Gasteiger partial charge in [-0.3, -0.25) is 0 Å². The third-order valence-corrected chi connectivity index (χ3v) is 4.63. The van der Waals surface area contributed by atoms with E-state index >= 15 is 0 Å². The molecule has 4 nitrogen and oxygen atoms in total. The molecule has 4 heteroatoms. The first-order chi connectivity index (χ1) is 12.3. The molecule has 1 unspecified atom stereocenters. The molecule has 1 aliphatic rings. The highest BCUT2D eigenvalue weighted by Crippen LogP contribution is 2.32. The highest BCUT2D eigenvalue weighted by Gasteiger charge is 2.16. The Kier molecular flexibility index (Phi) is 6.31. The molecule has 25 heavy (non-hydrogen) atoms. The van der Waals surface area contributed by atoms with Crippen LogP contribution in [0.2, 0.25) is 0 Å². The van der Waals surface area contributed by atoms with Crippen LogP contribution in [0.5, 0.6) is 11.5 Å². The van der Waals surface area contributed by atoms with Gasteiger partial charge in [-0.15, -0.1) is 0 Å². The van der Waals surface area contributed by atoms with Gasteiger partial charge in [0.15, 0.2) is 11.5 Å². The van der Waals surface area contributed by atoms with Gasteiger partial charge in [-0.25, -0.2) is 0 Å². The van der Waals surface area contributed by atoms with Gasteiger partial charge < -0.3 is 19.5 Å². The van der Waals surface area contributed by atoms with E-state index in [-0.39, 0.29) is 0 Å². The third-order valence-electron chi connectivity index (χ3n) is 4.63. The summed E-state index contributed by atoms with van der Waals surface area (Å²) in [5.41, 5.74) is 3.52. The second-order valence-corrected chi connectivity index (χ2v) is 6.43. The molecule has 1 fully saturated rings. The van der Waals surface area contributed by atoms with Gasteiger partial charge in [-0.1, -0.05) is 36.4 Å². The van der Waals surface area contributed by atoms with Crippen LogP contribution in [0.4, 0.5) is 0 Å². The maximum atomic E-state index is 6.15. The van der Waals surface area contributed by atoms with E-state index in [9.17, 15) is 0 Å². The number of rotatable bonds is 8. The number of para-hydroxylation sites is 1. The van der Waals surface area contributed by atoms with Gasteiger partial charge in [0.05, 0.1) is 13.2 Å². The molecule has 2 aromatic carbocycles. The summed E-state index contributed by atoms with van der Waals surface area (Å²) in [6, 6.07) is 14.3. The van der Waals surface area contributed by atoms with Crippen molar-refractivity contribution in [2.24, 2.45) is 0 Å². The van der Waals surface area contributed by atoms with Crippen LogP contribution in [0, 0.1) is 6.92 Å². The van der Waals surface area contributed by atoms with Crippen LogP contribution < -0.4 is 14.8 Å². The number of benzene rings is 2. The zero-order valence-electron chi connectivity index (χ0n) is 15.1. The van der Waals surface area contributed by atoms with Crippen molar-refractivity contribution in [3.05, 3.63) is 59.2 Å². The molecular weight excluding hydrogens is 314 g/mol. The zero-order chi connectivity index (χ0) is 17.5. The zero-order valence-corrected chi connectivity index (χ0v) is 15.1.